The highest BCUT2D eigenvalue weighted by Crippen LogP contribution is 2.23. The molecule has 0 atom stereocenters. The lowest BCUT2D eigenvalue weighted by Crippen LogP contribution is -2.36. The van der Waals surface area contributed by atoms with Gasteiger partial charge in [-0.05, 0) is 36.2 Å². The molecule has 1 saturated heterocycles. The van der Waals surface area contributed by atoms with Crippen LogP contribution in [0.2, 0.25) is 0 Å². The molecule has 5 heteroatoms. The third kappa shape index (κ3) is 5.24. The fourth-order valence-electron chi connectivity index (χ4n) is 3.64. The van der Waals surface area contributed by atoms with E-state index in [1.165, 1.54) is 11.3 Å². The SMILES string of the molecule is Cc1cccc(CNC(=O)Cc2ccc(-c3ccc(N4CCOCC4)cc3)cn2)c1. The van der Waals surface area contributed by atoms with E-state index < -0.39 is 0 Å². The average molecular weight is 402 g/mol. The minimum absolute atomic E-state index is 0.0216. The number of pyridine rings is 1. The third-order valence-corrected chi connectivity index (χ3v) is 5.32. The van der Waals surface area contributed by atoms with Gasteiger partial charge in [0.1, 0.15) is 0 Å². The predicted octanol–water partition coefficient (Wildman–Crippen LogP) is 3.75. The van der Waals surface area contributed by atoms with Gasteiger partial charge in [-0.3, -0.25) is 9.78 Å². The first kappa shape index (κ1) is 20.1. The minimum atomic E-state index is -0.0216. The van der Waals surface area contributed by atoms with Gasteiger partial charge in [0.15, 0.2) is 0 Å². The van der Waals surface area contributed by atoms with Crippen molar-refractivity contribution < 1.29 is 9.53 Å². The van der Waals surface area contributed by atoms with Crippen LogP contribution in [-0.2, 0) is 22.5 Å². The second-order valence-electron chi connectivity index (χ2n) is 7.63. The van der Waals surface area contributed by atoms with Crippen molar-refractivity contribution in [1.29, 1.82) is 0 Å². The number of carbonyl (C=O) groups is 1. The van der Waals surface area contributed by atoms with Crippen LogP contribution in [0.5, 0.6) is 0 Å². The average Bonchev–Trinajstić information content (AvgIpc) is 2.79. The molecule has 2 aromatic carbocycles. The number of nitrogens with one attached hydrogen (secondary N) is 1. The zero-order chi connectivity index (χ0) is 20.8. The molecule has 1 aliphatic heterocycles. The lowest BCUT2D eigenvalue weighted by Gasteiger charge is -2.28. The first-order valence-electron chi connectivity index (χ1n) is 10.4. The molecule has 0 saturated carbocycles. The van der Waals surface area contributed by atoms with E-state index in [0.29, 0.717) is 6.54 Å². The molecule has 0 spiro atoms. The van der Waals surface area contributed by atoms with Crippen LogP contribution in [0.25, 0.3) is 11.1 Å². The summed E-state index contributed by atoms with van der Waals surface area (Å²) in [6.07, 6.45) is 2.12. The molecule has 0 bridgehead atoms. The molecule has 1 aromatic heterocycles. The Kier molecular flexibility index (Phi) is 6.40. The number of nitrogens with zero attached hydrogens (tertiary/aromatic N) is 2. The molecule has 0 unspecified atom stereocenters. The molecule has 3 aromatic rings. The van der Waals surface area contributed by atoms with Crippen molar-refractivity contribution in [3.05, 3.63) is 83.7 Å². The molecular weight excluding hydrogens is 374 g/mol. The molecule has 1 amide bonds. The number of benzene rings is 2. The van der Waals surface area contributed by atoms with Crippen LogP contribution in [0.1, 0.15) is 16.8 Å². The van der Waals surface area contributed by atoms with Gasteiger partial charge in [0.25, 0.3) is 0 Å². The van der Waals surface area contributed by atoms with Crippen molar-refractivity contribution in [2.45, 2.75) is 19.9 Å². The van der Waals surface area contributed by atoms with E-state index >= 15 is 0 Å². The van der Waals surface area contributed by atoms with Crippen LogP contribution in [0.3, 0.4) is 0 Å². The van der Waals surface area contributed by atoms with Gasteiger partial charge in [-0.1, -0.05) is 48.0 Å². The number of rotatable bonds is 6. The maximum absolute atomic E-state index is 12.2. The van der Waals surface area contributed by atoms with Gasteiger partial charge in [-0.25, -0.2) is 0 Å². The van der Waals surface area contributed by atoms with E-state index in [1.807, 2.05) is 43.5 Å². The highest BCUT2D eigenvalue weighted by molar-refractivity contribution is 5.78. The Morgan fingerprint density at radius 3 is 2.50 bits per heavy atom. The van der Waals surface area contributed by atoms with E-state index in [9.17, 15) is 4.79 Å². The molecule has 1 N–H and O–H groups in total. The summed E-state index contributed by atoms with van der Waals surface area (Å²) in [4.78, 5) is 19.1. The highest BCUT2D eigenvalue weighted by atomic mass is 16.5. The summed E-state index contributed by atoms with van der Waals surface area (Å²) in [5, 5.41) is 2.97. The summed E-state index contributed by atoms with van der Waals surface area (Å²) in [6.45, 7) is 6.02. The van der Waals surface area contributed by atoms with Crippen molar-refractivity contribution in [3.8, 4) is 11.1 Å². The quantitative estimate of drug-likeness (QED) is 0.683. The Balaban J connectivity index is 1.32. The van der Waals surface area contributed by atoms with Gasteiger partial charge < -0.3 is 15.0 Å². The standard InChI is InChI=1S/C25H27N3O2/c1-19-3-2-4-20(15-19)17-27-25(29)16-23-8-5-22(18-26-23)21-6-9-24(10-7-21)28-11-13-30-14-12-28/h2-10,15,18H,11-14,16-17H2,1H3,(H,27,29). The number of aromatic nitrogens is 1. The van der Waals surface area contributed by atoms with E-state index in [4.69, 9.17) is 4.74 Å². The molecule has 154 valence electrons. The summed E-state index contributed by atoms with van der Waals surface area (Å²) in [5.41, 5.74) is 6.45. The second kappa shape index (κ2) is 9.55. The van der Waals surface area contributed by atoms with Gasteiger partial charge in [-0.15, -0.1) is 0 Å². The molecule has 0 aliphatic carbocycles. The maximum atomic E-state index is 12.2. The fourth-order valence-corrected chi connectivity index (χ4v) is 3.64. The molecule has 5 nitrogen and oxygen atoms in total. The van der Waals surface area contributed by atoms with Crippen LogP contribution in [0, 0.1) is 6.92 Å². The largest absolute Gasteiger partial charge is 0.378 e. The van der Waals surface area contributed by atoms with Crippen molar-refractivity contribution in [1.82, 2.24) is 10.3 Å². The maximum Gasteiger partial charge on any atom is 0.226 e. The van der Waals surface area contributed by atoms with E-state index in [0.717, 1.165) is 48.7 Å². The second-order valence-corrected chi connectivity index (χ2v) is 7.63. The molecular formula is C25H27N3O2. The number of hydrogen-bond acceptors (Lipinski definition) is 4. The Morgan fingerprint density at radius 1 is 1.03 bits per heavy atom. The monoisotopic (exact) mass is 401 g/mol. The van der Waals surface area contributed by atoms with E-state index in [2.05, 4.69) is 45.5 Å². The predicted molar refractivity (Wildman–Crippen MR) is 119 cm³/mol. The first-order valence-corrected chi connectivity index (χ1v) is 10.4. The van der Waals surface area contributed by atoms with Gasteiger partial charge in [0, 0.05) is 42.8 Å². The molecule has 2 heterocycles. The van der Waals surface area contributed by atoms with Crippen molar-refractivity contribution in [3.63, 3.8) is 0 Å². The van der Waals surface area contributed by atoms with Gasteiger partial charge in [0.05, 0.1) is 19.6 Å². The Labute approximate surface area is 177 Å². The van der Waals surface area contributed by atoms with Crippen LogP contribution >= 0.6 is 0 Å². The summed E-state index contributed by atoms with van der Waals surface area (Å²) in [7, 11) is 0. The Morgan fingerprint density at radius 2 is 1.80 bits per heavy atom. The van der Waals surface area contributed by atoms with Gasteiger partial charge >= 0.3 is 0 Å². The van der Waals surface area contributed by atoms with Crippen LogP contribution in [0.15, 0.2) is 66.9 Å². The lowest BCUT2D eigenvalue weighted by molar-refractivity contribution is -0.120. The van der Waals surface area contributed by atoms with E-state index in [-0.39, 0.29) is 12.3 Å². The number of amides is 1. The summed E-state index contributed by atoms with van der Waals surface area (Å²) >= 11 is 0. The topological polar surface area (TPSA) is 54.5 Å². The fraction of sp³-hybridized carbons (Fsp3) is 0.280. The zero-order valence-corrected chi connectivity index (χ0v) is 17.3. The minimum Gasteiger partial charge on any atom is -0.378 e. The number of anilines is 1. The van der Waals surface area contributed by atoms with Gasteiger partial charge in [-0.2, -0.15) is 0 Å². The van der Waals surface area contributed by atoms with Gasteiger partial charge in [0.2, 0.25) is 5.91 Å². The molecule has 1 fully saturated rings. The van der Waals surface area contributed by atoms with Crippen molar-refractivity contribution in [2.24, 2.45) is 0 Å². The normalized spacial score (nSPS) is 13.8. The summed E-state index contributed by atoms with van der Waals surface area (Å²) in [6, 6.07) is 20.6. The lowest BCUT2D eigenvalue weighted by atomic mass is 10.1. The highest BCUT2D eigenvalue weighted by Gasteiger charge is 2.11. The molecule has 0 radical (unpaired) electrons. The first-order chi connectivity index (χ1) is 14.7. The third-order valence-electron chi connectivity index (χ3n) is 5.32. The van der Waals surface area contributed by atoms with Crippen LogP contribution in [0.4, 0.5) is 5.69 Å². The summed E-state index contributed by atoms with van der Waals surface area (Å²) in [5.74, 6) is -0.0216. The van der Waals surface area contributed by atoms with E-state index in [1.54, 1.807) is 0 Å². The number of aryl methyl sites for hydroxylation is 1. The number of morpholine rings is 1. The summed E-state index contributed by atoms with van der Waals surface area (Å²) < 4.78 is 5.42. The van der Waals surface area contributed by atoms with Crippen molar-refractivity contribution in [2.75, 3.05) is 31.2 Å². The number of hydrogen-bond donors (Lipinski definition) is 1. The smallest absolute Gasteiger partial charge is 0.226 e. The van der Waals surface area contributed by atoms with Crippen LogP contribution in [-0.4, -0.2) is 37.2 Å². The molecule has 4 rings (SSSR count). The van der Waals surface area contributed by atoms with Crippen molar-refractivity contribution >= 4 is 11.6 Å². The number of ether oxygens (including phenoxy) is 1. The molecule has 1 aliphatic rings. The Hall–Kier alpha value is -3.18. The molecule has 30 heavy (non-hydrogen) atoms. The zero-order valence-electron chi connectivity index (χ0n) is 17.3. The Bertz CT molecular complexity index is 978. The number of carbonyl (C=O) groups excluding carboxylic acids is 1. The van der Waals surface area contributed by atoms with Crippen LogP contribution < -0.4 is 10.2 Å².